The van der Waals surface area contributed by atoms with Crippen molar-refractivity contribution in [3.63, 3.8) is 0 Å². The summed E-state index contributed by atoms with van der Waals surface area (Å²) in [4.78, 5) is 10.0. The van der Waals surface area contributed by atoms with Crippen LogP contribution >= 0.6 is 11.3 Å². The fourth-order valence-electron chi connectivity index (χ4n) is 2.89. The second-order valence-corrected chi connectivity index (χ2v) is 11.0. The van der Waals surface area contributed by atoms with E-state index in [-0.39, 0.29) is 11.6 Å². The lowest BCUT2D eigenvalue weighted by molar-refractivity contribution is -0.337. The predicted octanol–water partition coefficient (Wildman–Crippen LogP) is 5.43. The van der Waals surface area contributed by atoms with E-state index in [0.29, 0.717) is 15.3 Å². The van der Waals surface area contributed by atoms with E-state index in [1.807, 2.05) is 6.92 Å². The average Bonchev–Trinajstić information content (AvgIpc) is 3.28. The zero-order chi connectivity index (χ0) is 25.6. The van der Waals surface area contributed by atoms with E-state index in [1.165, 1.54) is 29.7 Å². The number of hydrogen-bond donors (Lipinski definition) is 1. The van der Waals surface area contributed by atoms with Crippen molar-refractivity contribution in [3.05, 3.63) is 89.0 Å². The summed E-state index contributed by atoms with van der Waals surface area (Å²) in [6.45, 7) is 2.01. The maximum Gasteiger partial charge on any atom is 0.298 e. The summed E-state index contributed by atoms with van der Waals surface area (Å²) < 4.78 is 52.2. The molecule has 0 fully saturated rings. The topological polar surface area (TPSA) is 123 Å². The van der Waals surface area contributed by atoms with E-state index in [4.69, 9.17) is 4.55 Å². The summed E-state index contributed by atoms with van der Waals surface area (Å²) in [5, 5.41) is 13.6. The fraction of sp³-hybridized carbons (Fsp3) is 0.130. The molecule has 2 heterocycles. The van der Waals surface area contributed by atoms with Crippen molar-refractivity contribution >= 4 is 37.9 Å². The lowest BCUT2D eigenvalue weighted by Gasteiger charge is -2.16. The fourth-order valence-corrected chi connectivity index (χ4v) is 4.76. The first-order chi connectivity index (χ1) is 16.6. The summed E-state index contributed by atoms with van der Waals surface area (Å²) in [6.07, 6.45) is 2.98. The van der Waals surface area contributed by atoms with Crippen LogP contribution in [0.25, 0.3) is 21.7 Å². The second-order valence-electron chi connectivity index (χ2n) is 7.10. The molecule has 0 unspecified atom stereocenters. The van der Waals surface area contributed by atoms with E-state index in [1.54, 1.807) is 54.6 Å². The zero-order valence-corrected chi connectivity index (χ0v) is 21.1. The summed E-state index contributed by atoms with van der Waals surface area (Å²) in [5.74, 6) is -0.269. The molecular weight excluding hydrogens is 513 g/mol. The van der Waals surface area contributed by atoms with Crippen molar-refractivity contribution in [2.24, 2.45) is 0 Å². The van der Waals surface area contributed by atoms with Gasteiger partial charge in [0.15, 0.2) is 0 Å². The number of aromatic nitrogens is 2. The van der Waals surface area contributed by atoms with Crippen molar-refractivity contribution in [2.75, 3.05) is 6.26 Å². The standard InChI is InChI=1S/C22H17FN3O2S2.CH4O3S/c1-2-20-25-21(15-8-10-17(23)11-9-15)22(29-20)16-12-13-24-19(14-16)26(27)30(28)18-6-4-3-5-7-18;1-5(2,3)4/h3-14H,2H2,1H3;1H3,(H,2,3,4)/q-1;. The maximum absolute atomic E-state index is 13.4. The number of pyridine rings is 1. The van der Waals surface area contributed by atoms with Crippen LogP contribution in [-0.4, -0.2) is 33.3 Å². The number of thiazole rings is 1. The molecule has 2 aromatic heterocycles. The largest absolute Gasteiger partial charge is 0.671 e. The van der Waals surface area contributed by atoms with Crippen LogP contribution in [0.5, 0.6) is 0 Å². The minimum absolute atomic E-state index is 0.0474. The van der Waals surface area contributed by atoms with Crippen LogP contribution in [-0.2, 0) is 31.3 Å². The molecule has 2 aromatic carbocycles. The van der Waals surface area contributed by atoms with Gasteiger partial charge in [-0.2, -0.15) is 8.42 Å². The predicted molar refractivity (Wildman–Crippen MR) is 134 cm³/mol. The van der Waals surface area contributed by atoms with Gasteiger partial charge in [-0.1, -0.05) is 57.7 Å². The van der Waals surface area contributed by atoms with Gasteiger partial charge in [0.25, 0.3) is 15.9 Å². The van der Waals surface area contributed by atoms with E-state index in [0.717, 1.165) is 33.1 Å². The molecule has 4 aromatic rings. The smallest absolute Gasteiger partial charge is 0.298 e. The average molecular weight is 535 g/mol. The first kappa shape index (κ1) is 26.6. The van der Waals surface area contributed by atoms with Gasteiger partial charge < -0.3 is 13.5 Å². The van der Waals surface area contributed by atoms with Crippen molar-refractivity contribution in [1.82, 2.24) is 9.97 Å². The van der Waals surface area contributed by atoms with Gasteiger partial charge in [0.05, 0.1) is 21.8 Å². The Morgan fingerprint density at radius 1 is 1.09 bits per heavy atom. The molecule has 0 aliphatic carbocycles. The minimum Gasteiger partial charge on any atom is -0.671 e. The molecule has 0 aliphatic rings. The summed E-state index contributed by atoms with van der Waals surface area (Å²) in [7, 11) is -5.59. The minimum atomic E-state index is -3.67. The first-order valence-corrected chi connectivity index (χ1v) is 13.9. The third-order valence-electron chi connectivity index (χ3n) is 4.38. The molecule has 0 radical (unpaired) electrons. The molecule has 1 N–H and O–H groups in total. The van der Waals surface area contributed by atoms with Crippen molar-refractivity contribution in [2.45, 2.75) is 18.2 Å². The highest BCUT2D eigenvalue weighted by Gasteiger charge is 2.16. The van der Waals surface area contributed by atoms with Crippen LogP contribution in [0.15, 0.2) is 77.8 Å². The normalized spacial score (nSPS) is 12.4. The van der Waals surface area contributed by atoms with Crippen molar-refractivity contribution < 1.29 is 25.7 Å². The Morgan fingerprint density at radius 2 is 1.71 bits per heavy atom. The van der Waals surface area contributed by atoms with Gasteiger partial charge in [-0.25, -0.2) is 9.37 Å². The number of aryl methyl sites for hydroxylation is 1. The van der Waals surface area contributed by atoms with Crippen LogP contribution in [0.3, 0.4) is 0 Å². The van der Waals surface area contributed by atoms with Gasteiger partial charge in [0.2, 0.25) is 0 Å². The molecule has 0 spiro atoms. The second kappa shape index (κ2) is 11.6. The molecule has 8 nitrogen and oxygen atoms in total. The molecule has 0 aliphatic heterocycles. The van der Waals surface area contributed by atoms with Gasteiger partial charge in [-0.05, 0) is 36.8 Å². The molecule has 4 rings (SSSR count). The molecule has 0 saturated heterocycles. The molecule has 184 valence electrons. The number of halogens is 1. The van der Waals surface area contributed by atoms with Gasteiger partial charge in [0.1, 0.15) is 12.0 Å². The maximum atomic E-state index is 13.4. The highest BCUT2D eigenvalue weighted by atomic mass is 32.2. The van der Waals surface area contributed by atoms with Crippen molar-refractivity contribution in [1.29, 1.82) is 0 Å². The van der Waals surface area contributed by atoms with Crippen LogP contribution in [0.1, 0.15) is 11.9 Å². The first-order valence-electron chi connectivity index (χ1n) is 10.2. The Balaban J connectivity index is 0.000000623. The van der Waals surface area contributed by atoms with E-state index < -0.39 is 20.7 Å². The third kappa shape index (κ3) is 7.47. The van der Waals surface area contributed by atoms with Gasteiger partial charge >= 0.3 is 0 Å². The Bertz CT molecular complexity index is 1490. The van der Waals surface area contributed by atoms with E-state index in [9.17, 15) is 22.2 Å². The molecule has 0 atom stereocenters. The lowest BCUT2D eigenvalue weighted by Crippen LogP contribution is -2.00. The van der Waals surface area contributed by atoms with Gasteiger partial charge in [-0.3, -0.25) is 4.55 Å². The highest BCUT2D eigenvalue weighted by molar-refractivity contribution is 7.85. The molecule has 0 saturated carbocycles. The summed E-state index contributed by atoms with van der Waals surface area (Å²) in [6, 6.07) is 18.0. The van der Waals surface area contributed by atoms with Crippen LogP contribution in [0.4, 0.5) is 10.2 Å². The molecule has 0 bridgehead atoms. The van der Waals surface area contributed by atoms with Crippen LogP contribution in [0, 0.1) is 11.0 Å². The Labute approximate surface area is 208 Å². The summed E-state index contributed by atoms with van der Waals surface area (Å²) in [5.41, 5.74) is 2.24. The zero-order valence-electron chi connectivity index (χ0n) is 18.7. The van der Waals surface area contributed by atoms with Crippen LogP contribution in [0.2, 0.25) is 0 Å². The number of rotatable bonds is 5. The number of benzene rings is 2. The monoisotopic (exact) mass is 534 g/mol. The molecule has 0 amide bonds. The SMILES string of the molecule is CCc1nc(-c2ccc(F)cc2)c(-c2ccnc([N+]([O-])=[S-](=O)c3ccccc3)c2)s1.CS(=O)(=O)O. The van der Waals surface area contributed by atoms with Crippen molar-refractivity contribution in [3.8, 4) is 21.7 Å². The molecule has 35 heavy (non-hydrogen) atoms. The Hall–Kier alpha value is -3.03. The highest BCUT2D eigenvalue weighted by Crippen LogP contribution is 2.38. The van der Waals surface area contributed by atoms with Gasteiger partial charge in [0, 0.05) is 17.2 Å². The quantitative estimate of drug-likeness (QED) is 0.157. The Kier molecular flexibility index (Phi) is 8.81. The summed E-state index contributed by atoms with van der Waals surface area (Å²) >= 11 is 1.51. The van der Waals surface area contributed by atoms with E-state index in [2.05, 4.69) is 9.97 Å². The molecule has 12 heteroatoms. The van der Waals surface area contributed by atoms with Gasteiger partial charge in [-0.15, -0.1) is 11.3 Å². The van der Waals surface area contributed by atoms with Crippen LogP contribution < -0.4 is 0 Å². The lowest BCUT2D eigenvalue weighted by atomic mass is 10.1. The van der Waals surface area contributed by atoms with E-state index >= 15 is 0 Å². The molecular formula is C23H21FN3O5S3-. The number of nitrogens with zero attached hydrogens (tertiary/aromatic N) is 3. The number of hydrogen-bond acceptors (Lipinski definition) is 8. The Morgan fingerprint density at radius 3 is 2.31 bits per heavy atom. The third-order valence-corrected chi connectivity index (χ3v) is 6.79.